The van der Waals surface area contributed by atoms with E-state index in [2.05, 4.69) is 48.7 Å². The second-order valence-corrected chi connectivity index (χ2v) is 7.26. The van der Waals surface area contributed by atoms with E-state index in [-0.39, 0.29) is 0 Å². The molecule has 0 aromatic heterocycles. The van der Waals surface area contributed by atoms with Crippen LogP contribution < -0.4 is 10.5 Å². The largest absolute Gasteiger partial charge is 0.493 e. The van der Waals surface area contributed by atoms with Gasteiger partial charge in [0.05, 0.1) is 6.61 Å². The molecular weight excluding hydrogens is 268 g/mol. The molecule has 0 amide bonds. The van der Waals surface area contributed by atoms with Gasteiger partial charge in [0.2, 0.25) is 0 Å². The van der Waals surface area contributed by atoms with Gasteiger partial charge in [-0.25, -0.2) is 0 Å². The van der Waals surface area contributed by atoms with Crippen molar-refractivity contribution in [3.8, 4) is 5.75 Å². The number of rotatable bonds is 3. The van der Waals surface area contributed by atoms with Gasteiger partial charge in [0.25, 0.3) is 0 Å². The van der Waals surface area contributed by atoms with E-state index in [0.29, 0.717) is 23.9 Å². The Morgan fingerprint density at radius 2 is 2.30 bits per heavy atom. The van der Waals surface area contributed by atoms with Crippen LogP contribution in [0, 0.1) is 0 Å². The minimum absolute atomic E-state index is 0.333. The summed E-state index contributed by atoms with van der Waals surface area (Å²) < 4.78 is 5.60. The fourth-order valence-electron chi connectivity index (χ4n) is 3.27. The highest BCUT2D eigenvalue weighted by molar-refractivity contribution is 8.00. The van der Waals surface area contributed by atoms with E-state index in [1.807, 2.05) is 0 Å². The van der Waals surface area contributed by atoms with Crippen molar-refractivity contribution >= 4 is 11.8 Å². The van der Waals surface area contributed by atoms with Crippen molar-refractivity contribution in [3.63, 3.8) is 0 Å². The lowest BCUT2D eigenvalue weighted by molar-refractivity contribution is 0.150. The minimum atomic E-state index is 0.333. The van der Waals surface area contributed by atoms with Crippen LogP contribution in [-0.2, 0) is 6.42 Å². The highest BCUT2D eigenvalue weighted by atomic mass is 32.2. The molecule has 1 aromatic carbocycles. The van der Waals surface area contributed by atoms with Gasteiger partial charge < -0.3 is 10.5 Å². The van der Waals surface area contributed by atoms with E-state index in [1.54, 1.807) is 0 Å². The Kier molecular flexibility index (Phi) is 4.24. The van der Waals surface area contributed by atoms with Crippen molar-refractivity contribution < 1.29 is 4.74 Å². The summed E-state index contributed by atoms with van der Waals surface area (Å²) in [7, 11) is 0. The van der Waals surface area contributed by atoms with Crippen LogP contribution >= 0.6 is 11.8 Å². The molecular formula is C16H24N2OS. The Labute approximate surface area is 125 Å². The predicted octanol–water partition coefficient (Wildman–Crippen LogP) is 2.45. The first-order valence-electron chi connectivity index (χ1n) is 7.53. The van der Waals surface area contributed by atoms with E-state index >= 15 is 0 Å². The van der Waals surface area contributed by atoms with Gasteiger partial charge in [0.15, 0.2) is 0 Å². The van der Waals surface area contributed by atoms with Gasteiger partial charge in [-0.1, -0.05) is 19.1 Å². The molecule has 3 rings (SSSR count). The summed E-state index contributed by atoms with van der Waals surface area (Å²) in [6.45, 7) is 7.29. The molecule has 1 aromatic rings. The summed E-state index contributed by atoms with van der Waals surface area (Å²) >= 11 is 2.07. The molecule has 2 aliphatic heterocycles. The van der Waals surface area contributed by atoms with Gasteiger partial charge in [-0.15, -0.1) is 0 Å². The van der Waals surface area contributed by atoms with E-state index in [4.69, 9.17) is 10.5 Å². The first-order chi connectivity index (χ1) is 9.70. The van der Waals surface area contributed by atoms with Crippen molar-refractivity contribution in [2.45, 2.75) is 37.6 Å². The van der Waals surface area contributed by atoms with Crippen molar-refractivity contribution in [1.29, 1.82) is 0 Å². The highest BCUT2D eigenvalue weighted by Crippen LogP contribution is 2.34. The second-order valence-electron chi connectivity index (χ2n) is 5.77. The zero-order valence-corrected chi connectivity index (χ0v) is 13.2. The number of nitrogens with two attached hydrogens (primary N) is 1. The smallest absolute Gasteiger partial charge is 0.122 e. The molecule has 0 saturated carbocycles. The normalized spacial score (nSPS) is 27.9. The Morgan fingerprint density at radius 1 is 1.45 bits per heavy atom. The van der Waals surface area contributed by atoms with Gasteiger partial charge in [-0.3, -0.25) is 4.90 Å². The maximum atomic E-state index is 6.11. The lowest BCUT2D eigenvalue weighted by atomic mass is 9.99. The van der Waals surface area contributed by atoms with E-state index in [1.165, 1.54) is 16.9 Å². The molecule has 3 atom stereocenters. The Morgan fingerprint density at radius 3 is 3.10 bits per heavy atom. The van der Waals surface area contributed by atoms with Crippen molar-refractivity contribution in [2.24, 2.45) is 5.73 Å². The molecule has 20 heavy (non-hydrogen) atoms. The molecule has 1 saturated heterocycles. The van der Waals surface area contributed by atoms with Gasteiger partial charge in [-0.2, -0.15) is 11.8 Å². The Hall–Kier alpha value is -0.710. The van der Waals surface area contributed by atoms with Crippen LogP contribution in [0.4, 0.5) is 0 Å². The molecule has 2 heterocycles. The summed E-state index contributed by atoms with van der Waals surface area (Å²) in [6.07, 6.45) is 1.03. The van der Waals surface area contributed by atoms with Gasteiger partial charge in [0.1, 0.15) is 5.75 Å². The first kappa shape index (κ1) is 14.2. The number of hydrogen-bond acceptors (Lipinski definition) is 4. The zero-order valence-electron chi connectivity index (χ0n) is 12.3. The Bertz CT molecular complexity index is 480. The van der Waals surface area contributed by atoms with Crippen molar-refractivity contribution in [1.82, 2.24) is 4.90 Å². The average Bonchev–Trinajstić information content (AvgIpc) is 2.92. The fourth-order valence-corrected chi connectivity index (χ4v) is 4.40. The summed E-state index contributed by atoms with van der Waals surface area (Å²) in [5.74, 6) is 2.26. The summed E-state index contributed by atoms with van der Waals surface area (Å²) in [4.78, 5) is 2.58. The van der Waals surface area contributed by atoms with Gasteiger partial charge in [0, 0.05) is 42.6 Å². The molecule has 3 unspecified atom stereocenters. The minimum Gasteiger partial charge on any atom is -0.493 e. The number of benzene rings is 1. The van der Waals surface area contributed by atoms with Gasteiger partial charge >= 0.3 is 0 Å². The van der Waals surface area contributed by atoms with Crippen LogP contribution in [0.3, 0.4) is 0 Å². The number of ether oxygens (including phenoxy) is 1. The summed E-state index contributed by atoms with van der Waals surface area (Å²) in [6, 6.07) is 7.53. The van der Waals surface area contributed by atoms with Gasteiger partial charge in [-0.05, 0) is 24.1 Å². The maximum absolute atomic E-state index is 6.11. The molecule has 0 spiro atoms. The predicted molar refractivity (Wildman–Crippen MR) is 85.5 cm³/mol. The molecule has 2 N–H and O–H groups in total. The van der Waals surface area contributed by atoms with Crippen LogP contribution in [0.15, 0.2) is 18.2 Å². The molecule has 110 valence electrons. The number of thioether (sulfide) groups is 1. The molecule has 0 bridgehead atoms. The standard InChI is InChI=1S/C16H24N2OS/c1-11-12(2)20-8-6-18(11)15(10-17)13-3-4-16-14(9-13)5-7-19-16/h3-4,9,11-12,15H,5-8,10,17H2,1-2H3. The fraction of sp³-hybridized carbons (Fsp3) is 0.625. The third-order valence-electron chi connectivity index (χ3n) is 4.65. The highest BCUT2D eigenvalue weighted by Gasteiger charge is 2.31. The third kappa shape index (κ3) is 2.57. The van der Waals surface area contributed by atoms with Crippen LogP contribution in [-0.4, -0.2) is 41.6 Å². The van der Waals surface area contributed by atoms with Crippen LogP contribution in [0.25, 0.3) is 0 Å². The lowest BCUT2D eigenvalue weighted by Gasteiger charge is -2.42. The third-order valence-corrected chi connectivity index (χ3v) is 5.99. The number of nitrogens with zero attached hydrogens (tertiary/aromatic N) is 1. The van der Waals surface area contributed by atoms with E-state index in [9.17, 15) is 0 Å². The summed E-state index contributed by atoms with van der Waals surface area (Å²) in [5.41, 5.74) is 8.80. The van der Waals surface area contributed by atoms with Crippen LogP contribution in [0.5, 0.6) is 5.75 Å². The quantitative estimate of drug-likeness (QED) is 0.929. The van der Waals surface area contributed by atoms with Crippen molar-refractivity contribution in [3.05, 3.63) is 29.3 Å². The van der Waals surface area contributed by atoms with Crippen molar-refractivity contribution in [2.75, 3.05) is 25.4 Å². The number of fused-ring (bicyclic) bond motifs is 1. The lowest BCUT2D eigenvalue weighted by Crippen LogP contribution is -2.48. The molecule has 3 nitrogen and oxygen atoms in total. The molecule has 2 aliphatic rings. The molecule has 1 fully saturated rings. The average molecular weight is 292 g/mol. The number of hydrogen-bond donors (Lipinski definition) is 1. The first-order valence-corrected chi connectivity index (χ1v) is 8.58. The molecule has 4 heteroatoms. The zero-order chi connectivity index (χ0) is 14.1. The second kappa shape index (κ2) is 5.96. The molecule has 0 radical (unpaired) electrons. The monoisotopic (exact) mass is 292 g/mol. The van der Waals surface area contributed by atoms with Crippen LogP contribution in [0.2, 0.25) is 0 Å². The maximum Gasteiger partial charge on any atom is 0.122 e. The van der Waals surface area contributed by atoms with Crippen LogP contribution in [0.1, 0.15) is 31.0 Å². The summed E-state index contributed by atoms with van der Waals surface area (Å²) in [5, 5.41) is 0.676. The van der Waals surface area contributed by atoms with E-state index in [0.717, 1.165) is 25.3 Å². The topological polar surface area (TPSA) is 38.5 Å². The SMILES string of the molecule is CC1SCCN(C(CN)c2ccc3c(c2)CCO3)C1C. The van der Waals surface area contributed by atoms with E-state index < -0.39 is 0 Å². The Balaban J connectivity index is 1.85. The molecule has 0 aliphatic carbocycles.